The molecule has 3 rings (SSSR count). The van der Waals surface area contributed by atoms with Crippen molar-refractivity contribution >= 4 is 27.5 Å². The van der Waals surface area contributed by atoms with Gasteiger partial charge in [-0.1, -0.05) is 52.3 Å². The summed E-state index contributed by atoms with van der Waals surface area (Å²) in [7, 11) is 0. The van der Waals surface area contributed by atoms with E-state index in [1.165, 1.54) is 5.56 Å². The van der Waals surface area contributed by atoms with Gasteiger partial charge in [0.25, 0.3) is 5.91 Å². The number of anilines is 1. The number of rotatable bonds is 10. The fourth-order valence-corrected chi connectivity index (χ4v) is 3.49. The summed E-state index contributed by atoms with van der Waals surface area (Å²) in [4.78, 5) is 12.2. The molecule has 0 saturated carbocycles. The molecule has 3 aromatic carbocycles. The molecule has 31 heavy (non-hydrogen) atoms. The second-order valence-corrected chi connectivity index (χ2v) is 7.99. The van der Waals surface area contributed by atoms with Gasteiger partial charge in [0.1, 0.15) is 0 Å². The molecule has 162 valence electrons. The summed E-state index contributed by atoms with van der Waals surface area (Å²) in [6, 6.07) is 23.6. The molecular formula is C25H27BrN2O3. The van der Waals surface area contributed by atoms with E-state index in [0.717, 1.165) is 15.7 Å². The predicted octanol–water partition coefficient (Wildman–Crippen LogP) is 5.72. The molecule has 2 N–H and O–H groups in total. The summed E-state index contributed by atoms with van der Waals surface area (Å²) in [5.41, 5.74) is 3.03. The maximum Gasteiger partial charge on any atom is 0.262 e. The Morgan fingerprint density at radius 1 is 0.968 bits per heavy atom. The average Bonchev–Trinajstić information content (AvgIpc) is 2.77. The highest BCUT2D eigenvalue weighted by Gasteiger charge is 2.11. The van der Waals surface area contributed by atoms with Crippen molar-refractivity contribution in [3.63, 3.8) is 0 Å². The number of amides is 1. The lowest BCUT2D eigenvalue weighted by atomic mass is 10.1. The van der Waals surface area contributed by atoms with Crippen LogP contribution in [0.5, 0.6) is 11.5 Å². The van der Waals surface area contributed by atoms with E-state index in [-0.39, 0.29) is 18.6 Å². The Kier molecular flexibility index (Phi) is 8.50. The lowest BCUT2D eigenvalue weighted by Gasteiger charge is -2.17. The van der Waals surface area contributed by atoms with Gasteiger partial charge in [0.15, 0.2) is 18.1 Å². The standard InChI is InChI=1S/C25H27BrN2O3/c1-3-30-24-14-19(16-27-18(2)20-8-7-9-21(26)15-20)12-13-23(24)31-17-25(29)28-22-10-5-4-6-11-22/h4-15,18,27H,3,16-17H2,1-2H3,(H,28,29). The third kappa shape index (κ3) is 7.12. The smallest absolute Gasteiger partial charge is 0.262 e. The quantitative estimate of drug-likeness (QED) is 0.388. The van der Waals surface area contributed by atoms with Crippen molar-refractivity contribution in [3.05, 3.63) is 88.4 Å². The number of ether oxygens (including phenoxy) is 2. The van der Waals surface area contributed by atoms with E-state index < -0.39 is 0 Å². The number of benzene rings is 3. The molecule has 0 aromatic heterocycles. The Morgan fingerprint density at radius 2 is 1.77 bits per heavy atom. The van der Waals surface area contributed by atoms with Gasteiger partial charge in [0, 0.05) is 22.7 Å². The van der Waals surface area contributed by atoms with Crippen LogP contribution in [0.1, 0.15) is 31.0 Å². The first-order valence-electron chi connectivity index (χ1n) is 10.3. The molecule has 1 amide bonds. The molecule has 1 unspecified atom stereocenters. The van der Waals surface area contributed by atoms with Crippen LogP contribution in [0.4, 0.5) is 5.69 Å². The zero-order valence-corrected chi connectivity index (χ0v) is 19.3. The molecule has 0 fully saturated rings. The van der Waals surface area contributed by atoms with E-state index in [1.54, 1.807) is 0 Å². The van der Waals surface area contributed by atoms with Gasteiger partial charge in [-0.05, 0) is 61.4 Å². The maximum atomic E-state index is 12.2. The first-order chi connectivity index (χ1) is 15.0. The minimum Gasteiger partial charge on any atom is -0.490 e. The van der Waals surface area contributed by atoms with Gasteiger partial charge >= 0.3 is 0 Å². The van der Waals surface area contributed by atoms with Crippen LogP contribution >= 0.6 is 15.9 Å². The van der Waals surface area contributed by atoms with Crippen molar-refractivity contribution in [3.8, 4) is 11.5 Å². The molecule has 0 saturated heterocycles. The molecule has 0 aliphatic heterocycles. The van der Waals surface area contributed by atoms with Crippen molar-refractivity contribution in [2.45, 2.75) is 26.4 Å². The fraction of sp³-hybridized carbons (Fsp3) is 0.240. The molecule has 1 atom stereocenters. The molecule has 0 radical (unpaired) electrons. The Bertz CT molecular complexity index is 995. The minimum absolute atomic E-state index is 0.0908. The van der Waals surface area contributed by atoms with Crippen LogP contribution in [0.15, 0.2) is 77.3 Å². The average molecular weight is 483 g/mol. The van der Waals surface area contributed by atoms with E-state index in [2.05, 4.69) is 45.6 Å². The van der Waals surface area contributed by atoms with E-state index >= 15 is 0 Å². The highest BCUT2D eigenvalue weighted by Crippen LogP contribution is 2.29. The Labute approximate surface area is 191 Å². The normalized spacial score (nSPS) is 11.6. The molecule has 0 aliphatic carbocycles. The van der Waals surface area contributed by atoms with E-state index in [4.69, 9.17) is 9.47 Å². The third-order valence-corrected chi connectivity index (χ3v) is 5.18. The molecule has 6 heteroatoms. The van der Waals surface area contributed by atoms with Crippen LogP contribution in [0.25, 0.3) is 0 Å². The lowest BCUT2D eigenvalue weighted by molar-refractivity contribution is -0.118. The molecule has 0 aliphatic rings. The molecule has 5 nitrogen and oxygen atoms in total. The molecule has 0 bridgehead atoms. The minimum atomic E-state index is -0.220. The Morgan fingerprint density at radius 3 is 2.52 bits per heavy atom. The van der Waals surface area contributed by atoms with Crippen molar-refractivity contribution in [2.75, 3.05) is 18.5 Å². The second kappa shape index (κ2) is 11.5. The number of nitrogens with one attached hydrogen (secondary N) is 2. The highest BCUT2D eigenvalue weighted by molar-refractivity contribution is 9.10. The van der Waals surface area contributed by atoms with Crippen LogP contribution in [0.3, 0.4) is 0 Å². The van der Waals surface area contributed by atoms with Crippen LogP contribution in [0.2, 0.25) is 0 Å². The zero-order valence-electron chi connectivity index (χ0n) is 17.7. The van der Waals surface area contributed by atoms with Crippen molar-refractivity contribution in [1.82, 2.24) is 5.32 Å². The van der Waals surface area contributed by atoms with Gasteiger partial charge in [0.05, 0.1) is 6.61 Å². The van der Waals surface area contributed by atoms with Crippen LogP contribution in [0, 0.1) is 0 Å². The van der Waals surface area contributed by atoms with Gasteiger partial charge in [-0.25, -0.2) is 0 Å². The molecule has 3 aromatic rings. The van der Waals surface area contributed by atoms with E-state index in [9.17, 15) is 4.79 Å². The van der Waals surface area contributed by atoms with Gasteiger partial charge in [-0.15, -0.1) is 0 Å². The van der Waals surface area contributed by atoms with Crippen molar-refractivity contribution in [2.24, 2.45) is 0 Å². The molecule has 0 heterocycles. The van der Waals surface area contributed by atoms with Crippen molar-refractivity contribution in [1.29, 1.82) is 0 Å². The van der Waals surface area contributed by atoms with Gasteiger partial charge < -0.3 is 20.1 Å². The first-order valence-corrected chi connectivity index (χ1v) is 11.1. The molecular weight excluding hydrogens is 456 g/mol. The maximum absolute atomic E-state index is 12.2. The van der Waals surface area contributed by atoms with Gasteiger partial charge in [-0.2, -0.15) is 0 Å². The van der Waals surface area contributed by atoms with Crippen LogP contribution < -0.4 is 20.1 Å². The number of para-hydroxylation sites is 1. The summed E-state index contributed by atoms with van der Waals surface area (Å²) in [6.45, 7) is 5.16. The number of hydrogen-bond acceptors (Lipinski definition) is 4. The second-order valence-electron chi connectivity index (χ2n) is 7.07. The lowest BCUT2D eigenvalue weighted by Crippen LogP contribution is -2.20. The Hall–Kier alpha value is -2.83. The summed E-state index contributed by atoms with van der Waals surface area (Å²) in [5.74, 6) is 0.959. The number of halogens is 1. The van der Waals surface area contributed by atoms with Crippen LogP contribution in [-0.2, 0) is 11.3 Å². The number of hydrogen-bond donors (Lipinski definition) is 2. The summed E-state index contributed by atoms with van der Waals surface area (Å²) in [6.07, 6.45) is 0. The molecule has 0 spiro atoms. The summed E-state index contributed by atoms with van der Waals surface area (Å²) < 4.78 is 12.5. The van der Waals surface area contributed by atoms with Gasteiger partial charge in [0.2, 0.25) is 0 Å². The van der Waals surface area contributed by atoms with E-state index in [0.29, 0.717) is 24.7 Å². The monoisotopic (exact) mass is 482 g/mol. The van der Waals surface area contributed by atoms with Gasteiger partial charge in [-0.3, -0.25) is 4.79 Å². The summed E-state index contributed by atoms with van der Waals surface area (Å²) >= 11 is 3.52. The fourth-order valence-electron chi connectivity index (χ4n) is 3.08. The summed E-state index contributed by atoms with van der Waals surface area (Å²) in [5, 5.41) is 6.34. The topological polar surface area (TPSA) is 59.6 Å². The third-order valence-electron chi connectivity index (χ3n) is 4.69. The zero-order chi connectivity index (χ0) is 22.1. The van der Waals surface area contributed by atoms with E-state index in [1.807, 2.05) is 67.6 Å². The Balaban J connectivity index is 1.59. The largest absolute Gasteiger partial charge is 0.490 e. The highest BCUT2D eigenvalue weighted by atomic mass is 79.9. The number of carbonyl (C=O) groups excluding carboxylic acids is 1. The predicted molar refractivity (Wildman–Crippen MR) is 128 cm³/mol. The SMILES string of the molecule is CCOc1cc(CNC(C)c2cccc(Br)c2)ccc1OCC(=O)Nc1ccccc1. The first kappa shape index (κ1) is 22.8. The number of carbonyl (C=O) groups is 1. The van der Waals surface area contributed by atoms with Crippen LogP contribution in [-0.4, -0.2) is 19.1 Å². The van der Waals surface area contributed by atoms with Crippen molar-refractivity contribution < 1.29 is 14.3 Å².